The van der Waals surface area contributed by atoms with Gasteiger partial charge >= 0.3 is 0 Å². The lowest BCUT2D eigenvalue weighted by atomic mass is 10.0. The molecular weight excluding hydrogens is 466 g/mol. The zero-order chi connectivity index (χ0) is 26.2. The lowest BCUT2D eigenvalue weighted by Crippen LogP contribution is -2.48. The molecule has 0 aromatic heterocycles. The van der Waals surface area contributed by atoms with Crippen molar-refractivity contribution in [2.24, 2.45) is 0 Å². The predicted octanol–water partition coefficient (Wildman–Crippen LogP) is 4.11. The van der Waals surface area contributed by atoms with Crippen molar-refractivity contribution in [3.05, 3.63) is 107 Å². The van der Waals surface area contributed by atoms with Crippen LogP contribution in [0.15, 0.2) is 84.9 Å². The maximum atomic E-state index is 12.9. The molecular formula is C30H33N3O4. The van der Waals surface area contributed by atoms with E-state index in [9.17, 15) is 14.4 Å². The molecule has 2 N–H and O–H groups in total. The van der Waals surface area contributed by atoms with Crippen LogP contribution in [0, 0.1) is 0 Å². The molecule has 3 aromatic carbocycles. The highest BCUT2D eigenvalue weighted by atomic mass is 16.5. The van der Waals surface area contributed by atoms with E-state index in [1.165, 1.54) is 0 Å². The van der Waals surface area contributed by atoms with E-state index >= 15 is 0 Å². The van der Waals surface area contributed by atoms with Crippen LogP contribution >= 0.6 is 0 Å². The molecule has 3 aromatic rings. The van der Waals surface area contributed by atoms with Gasteiger partial charge in [-0.3, -0.25) is 14.4 Å². The Labute approximate surface area is 217 Å². The van der Waals surface area contributed by atoms with Gasteiger partial charge in [0, 0.05) is 30.8 Å². The molecule has 1 heterocycles. The van der Waals surface area contributed by atoms with Crippen LogP contribution in [0.4, 0.5) is 0 Å². The number of amides is 3. The number of hydrogen-bond donors (Lipinski definition) is 2. The molecule has 4 rings (SSSR count). The molecule has 1 fully saturated rings. The van der Waals surface area contributed by atoms with Gasteiger partial charge in [-0.25, -0.2) is 0 Å². The summed E-state index contributed by atoms with van der Waals surface area (Å²) in [6.07, 6.45) is 0.130. The molecule has 3 atom stereocenters. The summed E-state index contributed by atoms with van der Waals surface area (Å²) in [6.45, 7) is 5.41. The topological polar surface area (TPSA) is 87.7 Å². The van der Waals surface area contributed by atoms with Gasteiger partial charge in [0.05, 0.1) is 24.7 Å². The van der Waals surface area contributed by atoms with Crippen LogP contribution in [0.5, 0.6) is 0 Å². The molecule has 7 nitrogen and oxygen atoms in total. The minimum absolute atomic E-state index is 0.0133. The van der Waals surface area contributed by atoms with E-state index < -0.39 is 6.04 Å². The summed E-state index contributed by atoms with van der Waals surface area (Å²) in [5, 5.41) is 5.92. The second-order valence-corrected chi connectivity index (χ2v) is 9.45. The first-order chi connectivity index (χ1) is 17.9. The fraction of sp³-hybridized carbons (Fsp3) is 0.300. The summed E-state index contributed by atoms with van der Waals surface area (Å²) < 4.78 is 5.72. The Morgan fingerprint density at radius 2 is 1.43 bits per heavy atom. The number of hydrogen-bond acceptors (Lipinski definition) is 4. The smallest absolute Gasteiger partial charge is 0.254 e. The molecule has 192 valence electrons. The number of carbonyl (C=O) groups is 3. The van der Waals surface area contributed by atoms with Crippen molar-refractivity contribution in [1.29, 1.82) is 0 Å². The van der Waals surface area contributed by atoms with Crippen molar-refractivity contribution in [2.45, 2.75) is 45.1 Å². The normalized spacial score (nSPS) is 18.1. The van der Waals surface area contributed by atoms with Gasteiger partial charge in [-0.05, 0) is 49.2 Å². The molecule has 3 amide bonds. The lowest BCUT2D eigenvalue weighted by Gasteiger charge is -2.35. The number of nitrogens with one attached hydrogen (secondary N) is 2. The van der Waals surface area contributed by atoms with Crippen LogP contribution in [-0.2, 0) is 16.1 Å². The second-order valence-electron chi connectivity index (χ2n) is 9.45. The quantitative estimate of drug-likeness (QED) is 0.488. The van der Waals surface area contributed by atoms with E-state index in [2.05, 4.69) is 10.6 Å². The third-order valence-electron chi connectivity index (χ3n) is 6.33. The van der Waals surface area contributed by atoms with Crippen molar-refractivity contribution < 1.29 is 19.1 Å². The summed E-state index contributed by atoms with van der Waals surface area (Å²) in [7, 11) is 0. The van der Waals surface area contributed by atoms with Gasteiger partial charge in [-0.2, -0.15) is 0 Å². The standard InChI is InChI=1S/C30H33N3O4/c1-21-19-33(20-22(2)37-21)30(36)26-15-13-23(14-16-26)18-31-28(34)17-27(24-9-5-3-6-10-24)32-29(35)25-11-7-4-8-12-25/h3-16,21-22,27H,17-20H2,1-2H3,(H,31,34)(H,32,35). The summed E-state index contributed by atoms with van der Waals surface area (Å²) >= 11 is 0. The highest BCUT2D eigenvalue weighted by Gasteiger charge is 2.26. The van der Waals surface area contributed by atoms with Crippen molar-refractivity contribution in [3.8, 4) is 0 Å². The number of morpholine rings is 1. The fourth-order valence-corrected chi connectivity index (χ4v) is 4.52. The van der Waals surface area contributed by atoms with Gasteiger partial charge in [-0.1, -0.05) is 60.7 Å². The number of rotatable bonds is 8. The van der Waals surface area contributed by atoms with E-state index in [0.717, 1.165) is 11.1 Å². The highest BCUT2D eigenvalue weighted by Crippen LogP contribution is 2.18. The first kappa shape index (κ1) is 26.1. The van der Waals surface area contributed by atoms with Crippen molar-refractivity contribution in [2.75, 3.05) is 13.1 Å². The molecule has 1 aliphatic rings. The zero-order valence-corrected chi connectivity index (χ0v) is 21.2. The van der Waals surface area contributed by atoms with E-state index in [1.807, 2.05) is 67.3 Å². The number of carbonyl (C=O) groups excluding carboxylic acids is 3. The summed E-state index contributed by atoms with van der Waals surface area (Å²) in [6, 6.07) is 25.2. The fourth-order valence-electron chi connectivity index (χ4n) is 4.52. The van der Waals surface area contributed by atoms with Crippen LogP contribution in [0.2, 0.25) is 0 Å². The summed E-state index contributed by atoms with van der Waals surface area (Å²) in [5.74, 6) is -0.428. The van der Waals surface area contributed by atoms with Gasteiger partial charge in [0.25, 0.3) is 11.8 Å². The molecule has 0 saturated carbocycles. The molecule has 3 unspecified atom stereocenters. The maximum absolute atomic E-state index is 12.9. The molecule has 37 heavy (non-hydrogen) atoms. The highest BCUT2D eigenvalue weighted by molar-refractivity contribution is 5.95. The van der Waals surface area contributed by atoms with Crippen LogP contribution < -0.4 is 10.6 Å². The Kier molecular flexibility index (Phi) is 8.69. The summed E-state index contributed by atoms with van der Waals surface area (Å²) in [4.78, 5) is 40.3. The van der Waals surface area contributed by atoms with Gasteiger partial charge in [0.1, 0.15) is 0 Å². The first-order valence-electron chi connectivity index (χ1n) is 12.6. The van der Waals surface area contributed by atoms with Gasteiger partial charge < -0.3 is 20.3 Å². The van der Waals surface area contributed by atoms with E-state index in [-0.39, 0.29) is 36.4 Å². The van der Waals surface area contributed by atoms with Crippen LogP contribution in [0.1, 0.15) is 58.2 Å². The second kappa shape index (κ2) is 12.3. The Morgan fingerprint density at radius 3 is 2.05 bits per heavy atom. The number of nitrogens with zero attached hydrogens (tertiary/aromatic N) is 1. The van der Waals surface area contributed by atoms with Crippen LogP contribution in [-0.4, -0.2) is 47.9 Å². The molecule has 0 bridgehead atoms. The van der Waals surface area contributed by atoms with Gasteiger partial charge in [0.2, 0.25) is 5.91 Å². The van der Waals surface area contributed by atoms with E-state index in [4.69, 9.17) is 4.74 Å². The zero-order valence-electron chi connectivity index (χ0n) is 21.2. The van der Waals surface area contributed by atoms with Gasteiger partial charge in [-0.15, -0.1) is 0 Å². The minimum Gasteiger partial charge on any atom is -0.372 e. The third kappa shape index (κ3) is 7.27. The number of ether oxygens (including phenoxy) is 1. The van der Waals surface area contributed by atoms with Crippen molar-refractivity contribution >= 4 is 17.7 Å². The average Bonchev–Trinajstić information content (AvgIpc) is 2.92. The predicted molar refractivity (Wildman–Crippen MR) is 142 cm³/mol. The molecule has 1 aliphatic heterocycles. The van der Waals surface area contributed by atoms with Crippen molar-refractivity contribution in [3.63, 3.8) is 0 Å². The maximum Gasteiger partial charge on any atom is 0.254 e. The molecule has 1 saturated heterocycles. The minimum atomic E-state index is -0.466. The molecule has 7 heteroatoms. The Bertz CT molecular complexity index is 1190. The average molecular weight is 500 g/mol. The first-order valence-corrected chi connectivity index (χ1v) is 12.6. The number of benzene rings is 3. The van der Waals surface area contributed by atoms with Crippen LogP contribution in [0.25, 0.3) is 0 Å². The van der Waals surface area contributed by atoms with Crippen LogP contribution in [0.3, 0.4) is 0 Å². The van der Waals surface area contributed by atoms with Crippen molar-refractivity contribution in [1.82, 2.24) is 15.5 Å². The van der Waals surface area contributed by atoms with E-state index in [1.54, 1.807) is 36.4 Å². The monoisotopic (exact) mass is 499 g/mol. The molecule has 0 spiro atoms. The Morgan fingerprint density at radius 1 is 0.838 bits per heavy atom. The van der Waals surface area contributed by atoms with E-state index in [0.29, 0.717) is 30.8 Å². The third-order valence-corrected chi connectivity index (χ3v) is 6.33. The lowest BCUT2D eigenvalue weighted by molar-refractivity contribution is -0.121. The molecule has 0 radical (unpaired) electrons. The van der Waals surface area contributed by atoms with Gasteiger partial charge in [0.15, 0.2) is 0 Å². The Hall–Kier alpha value is -3.97. The largest absolute Gasteiger partial charge is 0.372 e. The Balaban J connectivity index is 1.34. The SMILES string of the molecule is CC1CN(C(=O)c2ccc(CNC(=O)CC(NC(=O)c3ccccc3)c3ccccc3)cc2)CC(C)O1. The molecule has 0 aliphatic carbocycles. The summed E-state index contributed by atoms with van der Waals surface area (Å²) in [5.41, 5.74) is 2.90.